The number of urea groups is 1. The molecule has 27 heavy (non-hydrogen) atoms. The second-order valence-electron chi connectivity index (χ2n) is 7.03. The van der Waals surface area contributed by atoms with Crippen LogP contribution in [0.15, 0.2) is 30.6 Å². The zero-order valence-electron chi connectivity index (χ0n) is 15.1. The highest BCUT2D eigenvalue weighted by atomic mass is 16.4. The predicted octanol–water partition coefficient (Wildman–Crippen LogP) is 1.61. The van der Waals surface area contributed by atoms with Crippen molar-refractivity contribution in [3.63, 3.8) is 0 Å². The van der Waals surface area contributed by atoms with Gasteiger partial charge in [-0.1, -0.05) is 0 Å². The van der Waals surface area contributed by atoms with E-state index in [9.17, 15) is 19.5 Å². The highest BCUT2D eigenvalue weighted by Crippen LogP contribution is 2.31. The molecule has 1 aromatic heterocycles. The summed E-state index contributed by atoms with van der Waals surface area (Å²) in [5.74, 6) is -1.55. The molecule has 9 heteroatoms. The zero-order valence-corrected chi connectivity index (χ0v) is 15.1. The maximum absolute atomic E-state index is 12.7. The van der Waals surface area contributed by atoms with E-state index >= 15 is 0 Å². The van der Waals surface area contributed by atoms with Crippen LogP contribution in [0.1, 0.15) is 29.3 Å². The average molecular weight is 371 g/mol. The number of nitrogens with two attached hydrogens (primary N) is 1. The van der Waals surface area contributed by atoms with Gasteiger partial charge in [-0.3, -0.25) is 9.59 Å². The Labute approximate surface area is 155 Å². The molecule has 4 N–H and O–H groups in total. The van der Waals surface area contributed by atoms with Crippen LogP contribution in [0.25, 0.3) is 5.69 Å². The fourth-order valence-corrected chi connectivity index (χ4v) is 3.04. The van der Waals surface area contributed by atoms with Crippen molar-refractivity contribution in [3.05, 3.63) is 41.7 Å². The summed E-state index contributed by atoms with van der Waals surface area (Å²) < 4.78 is 1.58. The zero-order chi connectivity index (χ0) is 19.8. The molecule has 1 unspecified atom stereocenters. The van der Waals surface area contributed by atoms with Gasteiger partial charge < -0.3 is 21.1 Å². The van der Waals surface area contributed by atoms with Crippen LogP contribution < -0.4 is 11.1 Å². The van der Waals surface area contributed by atoms with Crippen LogP contribution in [0, 0.1) is 12.3 Å². The summed E-state index contributed by atoms with van der Waals surface area (Å²) in [6.07, 6.45) is 3.83. The molecule has 1 atom stereocenters. The van der Waals surface area contributed by atoms with Crippen LogP contribution in [-0.4, -0.2) is 50.8 Å². The van der Waals surface area contributed by atoms with Crippen molar-refractivity contribution >= 4 is 23.6 Å². The molecule has 0 spiro atoms. The first-order valence-corrected chi connectivity index (χ1v) is 8.44. The molecule has 9 nitrogen and oxygen atoms in total. The third kappa shape index (κ3) is 3.62. The third-order valence-corrected chi connectivity index (χ3v) is 4.76. The number of carbonyl (C=O) groups is 3. The van der Waals surface area contributed by atoms with Gasteiger partial charge in [0, 0.05) is 24.8 Å². The van der Waals surface area contributed by atoms with Gasteiger partial charge in [-0.05, 0) is 44.0 Å². The summed E-state index contributed by atoms with van der Waals surface area (Å²) in [6.45, 7) is 3.95. The molecule has 2 aromatic rings. The Bertz CT molecular complexity index is 922. The molecule has 1 fully saturated rings. The van der Waals surface area contributed by atoms with Gasteiger partial charge in [0.2, 0.25) is 5.91 Å². The highest BCUT2D eigenvalue weighted by molar-refractivity contribution is 5.97. The number of hydrogen-bond donors (Lipinski definition) is 3. The Morgan fingerprint density at radius 1 is 1.33 bits per heavy atom. The van der Waals surface area contributed by atoms with Crippen molar-refractivity contribution in [3.8, 4) is 5.69 Å². The summed E-state index contributed by atoms with van der Waals surface area (Å²) in [4.78, 5) is 37.0. The van der Waals surface area contributed by atoms with E-state index in [1.165, 1.54) is 11.0 Å². The predicted molar refractivity (Wildman–Crippen MR) is 97.8 cm³/mol. The molecular formula is C18H21N5O4. The molecule has 142 valence electrons. The molecule has 3 amide bonds. The number of rotatable bonds is 4. The van der Waals surface area contributed by atoms with E-state index in [1.807, 2.05) is 6.92 Å². The first-order valence-electron chi connectivity index (χ1n) is 8.44. The van der Waals surface area contributed by atoms with Gasteiger partial charge in [0.05, 0.1) is 23.0 Å². The lowest BCUT2D eigenvalue weighted by Gasteiger charge is -2.21. The van der Waals surface area contributed by atoms with Gasteiger partial charge in [0.15, 0.2) is 0 Å². The van der Waals surface area contributed by atoms with E-state index in [4.69, 9.17) is 5.73 Å². The van der Waals surface area contributed by atoms with E-state index in [0.29, 0.717) is 24.3 Å². The van der Waals surface area contributed by atoms with Crippen molar-refractivity contribution in [2.75, 3.05) is 18.4 Å². The minimum absolute atomic E-state index is 0.111. The maximum atomic E-state index is 12.7. The number of hydrogen-bond acceptors (Lipinski definition) is 4. The summed E-state index contributed by atoms with van der Waals surface area (Å²) in [6, 6.07) is 4.25. The Kier molecular flexibility index (Phi) is 4.61. The van der Waals surface area contributed by atoms with Gasteiger partial charge in [0.25, 0.3) is 0 Å². The minimum Gasteiger partial charge on any atom is -0.481 e. The minimum atomic E-state index is -0.964. The first-order chi connectivity index (χ1) is 12.7. The number of carboxylic acid groups (broad SMARTS) is 1. The van der Waals surface area contributed by atoms with E-state index in [0.717, 1.165) is 5.56 Å². The number of anilines is 1. The number of nitrogens with zero attached hydrogens (tertiary/aromatic N) is 3. The third-order valence-electron chi connectivity index (χ3n) is 4.76. The first kappa shape index (κ1) is 18.4. The molecule has 0 aliphatic carbocycles. The van der Waals surface area contributed by atoms with Crippen molar-refractivity contribution in [2.24, 2.45) is 11.1 Å². The normalized spacial score (nSPS) is 19.1. The van der Waals surface area contributed by atoms with Crippen LogP contribution >= 0.6 is 0 Å². The summed E-state index contributed by atoms with van der Waals surface area (Å²) >= 11 is 0. The molecule has 1 saturated heterocycles. The van der Waals surface area contributed by atoms with E-state index in [1.54, 1.807) is 36.1 Å². The highest BCUT2D eigenvalue weighted by Gasteiger charge is 2.42. The van der Waals surface area contributed by atoms with Crippen molar-refractivity contribution in [2.45, 2.75) is 20.3 Å². The van der Waals surface area contributed by atoms with Crippen LogP contribution in [0.3, 0.4) is 0 Å². The van der Waals surface area contributed by atoms with Gasteiger partial charge in [-0.2, -0.15) is 5.10 Å². The summed E-state index contributed by atoms with van der Waals surface area (Å²) in [7, 11) is 0. The number of amides is 3. The van der Waals surface area contributed by atoms with Gasteiger partial charge in [-0.15, -0.1) is 0 Å². The molecule has 2 heterocycles. The van der Waals surface area contributed by atoms with Gasteiger partial charge >= 0.3 is 12.0 Å². The van der Waals surface area contributed by atoms with Crippen LogP contribution in [0.2, 0.25) is 0 Å². The van der Waals surface area contributed by atoms with E-state index in [-0.39, 0.29) is 12.1 Å². The van der Waals surface area contributed by atoms with Crippen LogP contribution in [0.5, 0.6) is 0 Å². The van der Waals surface area contributed by atoms with Crippen molar-refractivity contribution in [1.29, 1.82) is 0 Å². The van der Waals surface area contributed by atoms with E-state index in [2.05, 4.69) is 10.4 Å². The number of aliphatic carboxylic acids is 1. The molecule has 1 aromatic carbocycles. The molecule has 3 rings (SSSR count). The average Bonchev–Trinajstić information content (AvgIpc) is 3.22. The lowest BCUT2D eigenvalue weighted by molar-refractivity contribution is -0.146. The Hall–Kier alpha value is -3.36. The molecule has 0 saturated carbocycles. The topological polar surface area (TPSA) is 131 Å². The molecule has 0 radical (unpaired) electrons. The lowest BCUT2D eigenvalue weighted by Crippen LogP contribution is -2.37. The fraction of sp³-hybridized carbons (Fsp3) is 0.333. The summed E-state index contributed by atoms with van der Waals surface area (Å²) in [5.41, 5.74) is 6.50. The Morgan fingerprint density at radius 2 is 2.07 bits per heavy atom. The van der Waals surface area contributed by atoms with Crippen molar-refractivity contribution < 1.29 is 19.5 Å². The Balaban J connectivity index is 1.88. The largest absolute Gasteiger partial charge is 0.481 e. The van der Waals surface area contributed by atoms with E-state index < -0.39 is 23.3 Å². The monoisotopic (exact) mass is 371 g/mol. The maximum Gasteiger partial charge on any atom is 0.321 e. The number of likely N-dealkylation sites (tertiary alicyclic amines) is 1. The number of aryl methyl sites for hydroxylation is 1. The number of aromatic nitrogens is 2. The van der Waals surface area contributed by atoms with Gasteiger partial charge in [-0.25, -0.2) is 9.48 Å². The number of carbonyl (C=O) groups excluding carboxylic acids is 2. The standard InChI is InChI=1S/C18H21N5O4/c1-11-8-20-23(9-11)14-4-3-12(15(19)24)7-13(14)21-17(27)22-6-5-18(2,10-22)16(25)26/h3-4,7-9H,5-6,10H2,1-2H3,(H2,19,24)(H,21,27)(H,25,26). The SMILES string of the molecule is Cc1cnn(-c2ccc(C(N)=O)cc2NC(=O)N2CCC(C)(C(=O)O)C2)c1. The molecular weight excluding hydrogens is 350 g/mol. The quantitative estimate of drug-likeness (QED) is 0.751. The molecule has 0 bridgehead atoms. The van der Waals surface area contributed by atoms with Crippen molar-refractivity contribution in [1.82, 2.24) is 14.7 Å². The molecule has 1 aliphatic rings. The Morgan fingerprint density at radius 3 is 2.63 bits per heavy atom. The second kappa shape index (κ2) is 6.75. The smallest absolute Gasteiger partial charge is 0.321 e. The fourth-order valence-electron chi connectivity index (χ4n) is 3.04. The number of benzene rings is 1. The number of primary amides is 1. The number of nitrogens with one attached hydrogen (secondary N) is 1. The van der Waals surface area contributed by atoms with Gasteiger partial charge in [0.1, 0.15) is 0 Å². The second-order valence-corrected chi connectivity index (χ2v) is 7.03. The lowest BCUT2D eigenvalue weighted by atomic mass is 9.90. The molecule has 1 aliphatic heterocycles. The number of carboxylic acids is 1. The van der Waals surface area contributed by atoms with Crippen LogP contribution in [0.4, 0.5) is 10.5 Å². The summed E-state index contributed by atoms with van der Waals surface area (Å²) in [5, 5.41) is 16.3. The van der Waals surface area contributed by atoms with Crippen LogP contribution in [-0.2, 0) is 4.79 Å².